The third kappa shape index (κ3) is 2.08. The summed E-state index contributed by atoms with van der Waals surface area (Å²) in [5.41, 5.74) is 6.18. The first-order chi connectivity index (χ1) is 8.09. The summed E-state index contributed by atoms with van der Waals surface area (Å²) < 4.78 is 13.1. The lowest BCUT2D eigenvalue weighted by Gasteiger charge is -2.05. The molecule has 2 aromatic rings. The summed E-state index contributed by atoms with van der Waals surface area (Å²) in [4.78, 5) is 10.4. The number of nitrogens with zero attached hydrogens (tertiary/aromatic N) is 1. The quantitative estimate of drug-likeness (QED) is 0.491. The van der Waals surface area contributed by atoms with Gasteiger partial charge < -0.3 is 5.73 Å². The number of halogens is 1. The van der Waals surface area contributed by atoms with Crippen molar-refractivity contribution in [2.75, 3.05) is 5.73 Å². The van der Waals surface area contributed by atoms with E-state index in [2.05, 4.69) is 0 Å². The fourth-order valence-electron chi connectivity index (χ4n) is 1.65. The third-order valence-corrected chi connectivity index (χ3v) is 2.39. The molecule has 2 N–H and O–H groups in total. The second-order valence-electron chi connectivity index (χ2n) is 3.51. The van der Waals surface area contributed by atoms with Gasteiger partial charge in [-0.3, -0.25) is 10.1 Å². The SMILES string of the molecule is Nc1cccc(-c2cccc(F)c2)c1[N+](=O)[O-]. The van der Waals surface area contributed by atoms with Gasteiger partial charge in [0.2, 0.25) is 0 Å². The molecule has 0 spiro atoms. The molecule has 0 aromatic heterocycles. The van der Waals surface area contributed by atoms with Crippen LogP contribution in [0.15, 0.2) is 42.5 Å². The number of nitrogens with two attached hydrogens (primary N) is 1. The Kier molecular flexibility index (Phi) is 2.74. The van der Waals surface area contributed by atoms with Crippen molar-refractivity contribution in [3.63, 3.8) is 0 Å². The van der Waals surface area contributed by atoms with E-state index in [9.17, 15) is 14.5 Å². The summed E-state index contributed by atoms with van der Waals surface area (Å²) in [5.74, 6) is -0.445. The maximum absolute atomic E-state index is 13.1. The number of benzene rings is 2. The zero-order valence-corrected chi connectivity index (χ0v) is 8.76. The van der Waals surface area contributed by atoms with E-state index in [0.717, 1.165) is 0 Å². The lowest BCUT2D eigenvalue weighted by molar-refractivity contribution is -0.383. The molecule has 0 aliphatic carbocycles. The van der Waals surface area contributed by atoms with Crippen molar-refractivity contribution >= 4 is 11.4 Å². The first-order valence-corrected chi connectivity index (χ1v) is 4.88. The van der Waals surface area contributed by atoms with Crippen molar-refractivity contribution in [3.8, 4) is 11.1 Å². The smallest absolute Gasteiger partial charge is 0.299 e. The minimum absolute atomic E-state index is 0.0664. The van der Waals surface area contributed by atoms with Gasteiger partial charge in [-0.2, -0.15) is 0 Å². The first-order valence-electron chi connectivity index (χ1n) is 4.88. The second-order valence-corrected chi connectivity index (χ2v) is 3.51. The second kappa shape index (κ2) is 4.21. The normalized spacial score (nSPS) is 10.2. The molecule has 0 saturated heterocycles. The lowest BCUT2D eigenvalue weighted by Crippen LogP contribution is -1.98. The number of rotatable bonds is 2. The molecule has 5 heteroatoms. The number of hydrogen-bond donors (Lipinski definition) is 1. The van der Waals surface area contributed by atoms with Crippen molar-refractivity contribution in [2.24, 2.45) is 0 Å². The summed E-state index contributed by atoms with van der Waals surface area (Å²) in [6, 6.07) is 10.2. The van der Waals surface area contributed by atoms with Crippen LogP contribution in [0, 0.1) is 15.9 Å². The van der Waals surface area contributed by atoms with Crippen LogP contribution in [0.2, 0.25) is 0 Å². The topological polar surface area (TPSA) is 69.2 Å². The summed E-state index contributed by atoms with van der Waals surface area (Å²) in [6.07, 6.45) is 0. The molecule has 0 bridgehead atoms. The summed E-state index contributed by atoms with van der Waals surface area (Å²) in [6.45, 7) is 0. The van der Waals surface area contributed by atoms with E-state index in [4.69, 9.17) is 5.73 Å². The molecule has 86 valence electrons. The molecule has 0 fully saturated rings. The van der Waals surface area contributed by atoms with Crippen LogP contribution in [0.3, 0.4) is 0 Å². The van der Waals surface area contributed by atoms with Crippen LogP contribution < -0.4 is 5.73 Å². The van der Waals surface area contributed by atoms with Crippen molar-refractivity contribution in [3.05, 3.63) is 58.4 Å². The Hall–Kier alpha value is -2.43. The number of nitro benzene ring substituents is 1. The summed E-state index contributed by atoms with van der Waals surface area (Å²) in [5, 5.41) is 10.9. The molecule has 4 nitrogen and oxygen atoms in total. The van der Waals surface area contributed by atoms with Crippen LogP contribution in [0.25, 0.3) is 11.1 Å². The van der Waals surface area contributed by atoms with Crippen LogP contribution in [0.1, 0.15) is 0 Å². The highest BCUT2D eigenvalue weighted by atomic mass is 19.1. The van der Waals surface area contributed by atoms with Gasteiger partial charge in [-0.1, -0.05) is 18.2 Å². The zero-order chi connectivity index (χ0) is 12.4. The Morgan fingerprint density at radius 2 is 1.88 bits per heavy atom. The van der Waals surface area contributed by atoms with E-state index in [1.165, 1.54) is 24.3 Å². The van der Waals surface area contributed by atoms with Gasteiger partial charge in [0.25, 0.3) is 5.69 Å². The molecular weight excluding hydrogens is 223 g/mol. The highest BCUT2D eigenvalue weighted by Crippen LogP contribution is 2.34. The monoisotopic (exact) mass is 232 g/mol. The Balaban J connectivity index is 2.67. The van der Waals surface area contributed by atoms with E-state index in [0.29, 0.717) is 11.1 Å². The molecule has 17 heavy (non-hydrogen) atoms. The average Bonchev–Trinajstić information content (AvgIpc) is 2.28. The average molecular weight is 232 g/mol. The van der Waals surface area contributed by atoms with Crippen LogP contribution >= 0.6 is 0 Å². The van der Waals surface area contributed by atoms with Gasteiger partial charge in [0.05, 0.1) is 10.5 Å². The third-order valence-electron chi connectivity index (χ3n) is 2.39. The van der Waals surface area contributed by atoms with E-state index in [1.807, 2.05) is 0 Å². The predicted octanol–water partition coefficient (Wildman–Crippen LogP) is 2.98. The van der Waals surface area contributed by atoms with Gasteiger partial charge in [0, 0.05) is 0 Å². The molecule has 0 unspecified atom stereocenters. The number of hydrogen-bond acceptors (Lipinski definition) is 3. The zero-order valence-electron chi connectivity index (χ0n) is 8.76. The predicted molar refractivity (Wildman–Crippen MR) is 62.9 cm³/mol. The molecule has 0 aliphatic heterocycles. The molecule has 0 aliphatic rings. The van der Waals surface area contributed by atoms with Gasteiger partial charge in [-0.05, 0) is 29.8 Å². The molecule has 0 radical (unpaired) electrons. The minimum Gasteiger partial charge on any atom is -0.393 e. The number of para-hydroxylation sites is 1. The van der Waals surface area contributed by atoms with Gasteiger partial charge in [0.1, 0.15) is 11.5 Å². The van der Waals surface area contributed by atoms with Crippen LogP contribution in [0.5, 0.6) is 0 Å². The van der Waals surface area contributed by atoms with E-state index >= 15 is 0 Å². The molecule has 0 atom stereocenters. The molecular formula is C12H9FN2O2. The van der Waals surface area contributed by atoms with Crippen molar-refractivity contribution < 1.29 is 9.31 Å². The fraction of sp³-hybridized carbons (Fsp3) is 0. The maximum Gasteiger partial charge on any atom is 0.299 e. The Labute approximate surface area is 96.6 Å². The first kappa shape index (κ1) is 11.1. The van der Waals surface area contributed by atoms with E-state index in [1.54, 1.807) is 18.2 Å². The fourth-order valence-corrected chi connectivity index (χ4v) is 1.65. The van der Waals surface area contributed by atoms with E-state index in [-0.39, 0.29) is 11.4 Å². The van der Waals surface area contributed by atoms with Crippen molar-refractivity contribution in [2.45, 2.75) is 0 Å². The lowest BCUT2D eigenvalue weighted by atomic mass is 10.0. The standard InChI is InChI=1S/C12H9FN2O2/c13-9-4-1-3-8(7-9)10-5-2-6-11(14)12(10)15(16)17/h1-7H,14H2. The summed E-state index contributed by atoms with van der Waals surface area (Å²) in [7, 11) is 0. The maximum atomic E-state index is 13.1. The highest BCUT2D eigenvalue weighted by molar-refractivity contribution is 5.80. The minimum atomic E-state index is -0.560. The van der Waals surface area contributed by atoms with Crippen LogP contribution in [-0.2, 0) is 0 Å². The molecule has 2 rings (SSSR count). The largest absolute Gasteiger partial charge is 0.393 e. The van der Waals surface area contributed by atoms with Crippen molar-refractivity contribution in [1.29, 1.82) is 0 Å². The highest BCUT2D eigenvalue weighted by Gasteiger charge is 2.18. The van der Waals surface area contributed by atoms with Gasteiger partial charge in [-0.25, -0.2) is 4.39 Å². The Morgan fingerprint density at radius 1 is 1.18 bits per heavy atom. The van der Waals surface area contributed by atoms with Gasteiger partial charge >= 0.3 is 0 Å². The molecule has 2 aromatic carbocycles. The number of nitro groups is 1. The Bertz CT molecular complexity index is 584. The van der Waals surface area contributed by atoms with Gasteiger partial charge in [0.15, 0.2) is 0 Å². The van der Waals surface area contributed by atoms with Gasteiger partial charge in [-0.15, -0.1) is 0 Å². The van der Waals surface area contributed by atoms with Crippen molar-refractivity contribution in [1.82, 2.24) is 0 Å². The van der Waals surface area contributed by atoms with Crippen LogP contribution in [-0.4, -0.2) is 4.92 Å². The molecule has 0 heterocycles. The van der Waals surface area contributed by atoms with Crippen LogP contribution in [0.4, 0.5) is 15.8 Å². The Morgan fingerprint density at radius 3 is 2.53 bits per heavy atom. The number of nitrogen functional groups attached to an aromatic ring is 1. The number of anilines is 1. The molecule has 0 amide bonds. The summed E-state index contributed by atoms with van der Waals surface area (Å²) >= 11 is 0. The van der Waals surface area contributed by atoms with E-state index < -0.39 is 10.7 Å². The molecule has 0 saturated carbocycles.